The number of carbonyl (C=O) groups is 1. The molecule has 0 saturated carbocycles. The minimum Gasteiger partial charge on any atom is -0.384 e. The lowest BCUT2D eigenvalue weighted by Gasteiger charge is -2.38. The largest absolute Gasteiger partial charge is 0.384 e. The van der Waals surface area contributed by atoms with Crippen molar-refractivity contribution < 1.29 is 4.79 Å². The van der Waals surface area contributed by atoms with Crippen molar-refractivity contribution in [2.24, 2.45) is 5.92 Å². The van der Waals surface area contributed by atoms with Crippen LogP contribution in [0.25, 0.3) is 0 Å². The summed E-state index contributed by atoms with van der Waals surface area (Å²) in [5.41, 5.74) is 13.7. The Balaban J connectivity index is 1.67. The Kier molecular flexibility index (Phi) is 3.66. The third-order valence-corrected chi connectivity index (χ3v) is 5.05. The first-order valence-corrected chi connectivity index (χ1v) is 8.42. The van der Waals surface area contributed by atoms with Gasteiger partial charge in [-0.1, -0.05) is 12.1 Å². The molecule has 4 rings (SSSR count). The van der Waals surface area contributed by atoms with Crippen LogP contribution in [-0.4, -0.2) is 28.4 Å². The molecular formula is C17H23N7O. The summed E-state index contributed by atoms with van der Waals surface area (Å²) >= 11 is 0. The van der Waals surface area contributed by atoms with Gasteiger partial charge in [-0.15, -0.1) is 0 Å². The van der Waals surface area contributed by atoms with Gasteiger partial charge in [-0.25, -0.2) is 10.1 Å². The van der Waals surface area contributed by atoms with Gasteiger partial charge in [-0.2, -0.15) is 5.10 Å². The molecule has 2 aliphatic heterocycles. The Labute approximate surface area is 146 Å². The van der Waals surface area contributed by atoms with E-state index in [1.54, 1.807) is 10.7 Å². The summed E-state index contributed by atoms with van der Waals surface area (Å²) in [4.78, 5) is 12.6. The van der Waals surface area contributed by atoms with Crippen LogP contribution >= 0.6 is 0 Å². The Morgan fingerprint density at radius 3 is 2.80 bits per heavy atom. The maximum atomic E-state index is 12.6. The predicted molar refractivity (Wildman–Crippen MR) is 95.4 cm³/mol. The van der Waals surface area contributed by atoms with Gasteiger partial charge in [-0.05, 0) is 38.0 Å². The number of aromatic nitrogens is 2. The van der Waals surface area contributed by atoms with Crippen molar-refractivity contribution in [2.75, 3.05) is 17.3 Å². The lowest BCUT2D eigenvalue weighted by atomic mass is 10.0. The summed E-state index contributed by atoms with van der Waals surface area (Å²) in [7, 11) is 0. The fourth-order valence-corrected chi connectivity index (χ4v) is 3.57. The van der Waals surface area contributed by atoms with E-state index in [0.29, 0.717) is 12.4 Å². The molecule has 1 amide bonds. The zero-order chi connectivity index (χ0) is 17.7. The van der Waals surface area contributed by atoms with Crippen molar-refractivity contribution in [2.45, 2.75) is 33.2 Å². The Hall–Kier alpha value is -2.58. The highest BCUT2D eigenvalue weighted by molar-refractivity contribution is 5.82. The van der Waals surface area contributed by atoms with Crippen LogP contribution in [0.4, 0.5) is 11.5 Å². The number of nitrogen functional groups attached to an aromatic ring is 1. The highest BCUT2D eigenvalue weighted by Crippen LogP contribution is 2.30. The monoisotopic (exact) mass is 341 g/mol. The van der Waals surface area contributed by atoms with E-state index in [9.17, 15) is 4.79 Å². The van der Waals surface area contributed by atoms with Crippen LogP contribution in [0.15, 0.2) is 24.3 Å². The number of rotatable bonds is 2. The van der Waals surface area contributed by atoms with Crippen LogP contribution in [-0.2, 0) is 4.79 Å². The zero-order valence-corrected chi connectivity index (χ0v) is 14.6. The van der Waals surface area contributed by atoms with E-state index in [1.807, 2.05) is 18.0 Å². The molecule has 0 aliphatic carbocycles. The van der Waals surface area contributed by atoms with Crippen molar-refractivity contribution in [3.8, 4) is 0 Å². The SMILES string of the molecule is Cc1cc(N)n(C2NC(=O)C3CNN(c4cccc(C)c4C)C3N2)n1. The van der Waals surface area contributed by atoms with Gasteiger partial charge < -0.3 is 11.1 Å². The average Bonchev–Trinajstić information content (AvgIpc) is 3.13. The van der Waals surface area contributed by atoms with Crippen LogP contribution in [0.1, 0.15) is 23.1 Å². The molecule has 2 fully saturated rings. The molecule has 2 saturated heterocycles. The quantitative estimate of drug-likeness (QED) is 0.636. The van der Waals surface area contributed by atoms with Crippen molar-refractivity contribution in [1.29, 1.82) is 0 Å². The molecule has 25 heavy (non-hydrogen) atoms. The second kappa shape index (κ2) is 5.75. The van der Waals surface area contributed by atoms with Gasteiger partial charge in [0.2, 0.25) is 5.91 Å². The molecule has 8 nitrogen and oxygen atoms in total. The van der Waals surface area contributed by atoms with Crippen molar-refractivity contribution in [3.05, 3.63) is 41.1 Å². The number of benzene rings is 1. The van der Waals surface area contributed by atoms with Crippen LogP contribution in [0.3, 0.4) is 0 Å². The maximum absolute atomic E-state index is 12.6. The molecule has 0 bridgehead atoms. The number of amides is 1. The van der Waals surface area contributed by atoms with Gasteiger partial charge in [0.1, 0.15) is 12.0 Å². The molecule has 3 heterocycles. The molecule has 132 valence electrons. The number of nitrogens with zero attached hydrogens (tertiary/aromatic N) is 3. The second-order valence-electron chi connectivity index (χ2n) is 6.74. The van der Waals surface area contributed by atoms with Crippen LogP contribution in [0.2, 0.25) is 0 Å². The number of hydrazine groups is 1. The summed E-state index contributed by atoms with van der Waals surface area (Å²) in [6.07, 6.45) is -0.655. The first-order chi connectivity index (χ1) is 12.0. The first-order valence-electron chi connectivity index (χ1n) is 8.42. The molecule has 1 aromatic carbocycles. The average molecular weight is 341 g/mol. The number of nitrogens with two attached hydrogens (primary N) is 1. The number of nitrogens with one attached hydrogen (secondary N) is 3. The van der Waals surface area contributed by atoms with E-state index in [2.05, 4.69) is 47.1 Å². The fourth-order valence-electron chi connectivity index (χ4n) is 3.57. The van der Waals surface area contributed by atoms with Gasteiger partial charge in [0, 0.05) is 12.6 Å². The van der Waals surface area contributed by atoms with E-state index in [0.717, 1.165) is 11.4 Å². The predicted octanol–water partition coefficient (Wildman–Crippen LogP) is 0.533. The van der Waals surface area contributed by atoms with E-state index < -0.39 is 6.29 Å². The van der Waals surface area contributed by atoms with Crippen LogP contribution in [0, 0.1) is 26.7 Å². The van der Waals surface area contributed by atoms with Gasteiger partial charge in [0.05, 0.1) is 17.3 Å². The van der Waals surface area contributed by atoms with Gasteiger partial charge in [0.25, 0.3) is 0 Å². The lowest BCUT2D eigenvalue weighted by molar-refractivity contribution is -0.129. The summed E-state index contributed by atoms with van der Waals surface area (Å²) in [6.45, 7) is 6.63. The minimum atomic E-state index is -0.477. The number of fused-ring (bicyclic) bond motifs is 1. The zero-order valence-electron chi connectivity index (χ0n) is 14.6. The minimum absolute atomic E-state index is 0.0124. The fraction of sp³-hybridized carbons (Fsp3) is 0.412. The summed E-state index contributed by atoms with van der Waals surface area (Å²) in [5, 5.41) is 12.9. The lowest BCUT2D eigenvalue weighted by Crippen LogP contribution is -2.62. The summed E-state index contributed by atoms with van der Waals surface area (Å²) in [6, 6.07) is 7.97. The summed E-state index contributed by atoms with van der Waals surface area (Å²) in [5.74, 6) is 0.314. The van der Waals surface area contributed by atoms with E-state index in [4.69, 9.17) is 5.73 Å². The number of aryl methyl sites for hydroxylation is 2. The number of anilines is 2. The van der Waals surface area contributed by atoms with Gasteiger partial charge in [-0.3, -0.25) is 15.1 Å². The number of hydrogen-bond acceptors (Lipinski definition) is 6. The first kappa shape index (κ1) is 15.9. The second-order valence-corrected chi connectivity index (χ2v) is 6.74. The van der Waals surface area contributed by atoms with Crippen LogP contribution in [0.5, 0.6) is 0 Å². The van der Waals surface area contributed by atoms with E-state index in [1.165, 1.54) is 11.1 Å². The molecule has 3 unspecified atom stereocenters. The van der Waals surface area contributed by atoms with E-state index in [-0.39, 0.29) is 18.0 Å². The standard InChI is InChI=1S/C17H23N7O/c1-9-5-4-6-13(11(9)3)23-15-12(8-19-23)16(25)21-17(20-15)24-14(18)7-10(2)22-24/h4-7,12,15,17,19-20H,8,18H2,1-3H3,(H,21,25). The molecule has 1 aromatic heterocycles. The highest BCUT2D eigenvalue weighted by Gasteiger charge is 2.45. The molecule has 0 spiro atoms. The smallest absolute Gasteiger partial charge is 0.230 e. The molecule has 2 aliphatic rings. The Bertz CT molecular complexity index is 830. The van der Waals surface area contributed by atoms with E-state index >= 15 is 0 Å². The molecule has 5 N–H and O–H groups in total. The van der Waals surface area contributed by atoms with Crippen molar-refractivity contribution in [1.82, 2.24) is 25.8 Å². The molecule has 8 heteroatoms. The molecule has 3 atom stereocenters. The summed E-state index contributed by atoms with van der Waals surface area (Å²) < 4.78 is 1.61. The highest BCUT2D eigenvalue weighted by atomic mass is 16.2. The van der Waals surface area contributed by atoms with Gasteiger partial charge in [0.15, 0.2) is 6.29 Å². The third kappa shape index (κ3) is 2.54. The van der Waals surface area contributed by atoms with Crippen molar-refractivity contribution in [3.63, 3.8) is 0 Å². The normalized spacial score (nSPS) is 25.8. The maximum Gasteiger partial charge on any atom is 0.230 e. The number of carbonyl (C=O) groups excluding carboxylic acids is 1. The molecule has 0 radical (unpaired) electrons. The van der Waals surface area contributed by atoms with Crippen LogP contribution < -0.4 is 26.8 Å². The molecule has 2 aromatic rings. The van der Waals surface area contributed by atoms with Gasteiger partial charge >= 0.3 is 0 Å². The Morgan fingerprint density at radius 2 is 2.08 bits per heavy atom. The Morgan fingerprint density at radius 1 is 1.28 bits per heavy atom. The topological polar surface area (TPSA) is 100 Å². The third-order valence-electron chi connectivity index (χ3n) is 5.05. The molecular weight excluding hydrogens is 318 g/mol. The number of hydrogen-bond donors (Lipinski definition) is 4. The van der Waals surface area contributed by atoms with Crippen molar-refractivity contribution >= 4 is 17.4 Å².